The van der Waals surface area contributed by atoms with Crippen molar-refractivity contribution in [3.63, 3.8) is 0 Å². The van der Waals surface area contributed by atoms with Gasteiger partial charge in [-0.05, 0) is 59.2 Å². The number of alkyl halides is 1. The van der Waals surface area contributed by atoms with Crippen LogP contribution in [0, 0.1) is 18.8 Å². The zero-order chi connectivity index (χ0) is 10.3. The van der Waals surface area contributed by atoms with Gasteiger partial charge in [-0.2, -0.15) is 0 Å². The van der Waals surface area contributed by atoms with Crippen LogP contribution < -0.4 is 0 Å². The monoisotopic (exact) mass is 292 g/mol. The van der Waals surface area contributed by atoms with Crippen molar-refractivity contribution in [2.24, 2.45) is 11.8 Å². The summed E-state index contributed by atoms with van der Waals surface area (Å²) < 4.78 is 1.19. The van der Waals surface area contributed by atoms with E-state index in [1.165, 1.54) is 27.1 Å². The molecular formula is C11H14BrClS. The Morgan fingerprint density at radius 3 is 2.64 bits per heavy atom. The maximum Gasteiger partial charge on any atom is 0.0704 e. The smallest absolute Gasteiger partial charge is 0.0704 e. The molecule has 14 heavy (non-hydrogen) atoms. The van der Waals surface area contributed by atoms with Crippen LogP contribution in [0.5, 0.6) is 0 Å². The van der Waals surface area contributed by atoms with E-state index in [0.29, 0.717) is 5.92 Å². The first-order chi connectivity index (χ1) is 6.59. The third-order valence-corrected chi connectivity index (χ3v) is 5.25. The van der Waals surface area contributed by atoms with Crippen LogP contribution in [0.2, 0.25) is 0 Å². The summed E-state index contributed by atoms with van der Waals surface area (Å²) in [6.07, 6.45) is 2.74. The van der Waals surface area contributed by atoms with Crippen LogP contribution >= 0.6 is 38.9 Å². The van der Waals surface area contributed by atoms with Crippen LogP contribution in [0.3, 0.4) is 0 Å². The maximum atomic E-state index is 6.50. The van der Waals surface area contributed by atoms with Crippen molar-refractivity contribution in [2.45, 2.75) is 32.1 Å². The minimum Gasteiger partial charge on any atom is -0.133 e. The van der Waals surface area contributed by atoms with Crippen LogP contribution in [0.4, 0.5) is 0 Å². The van der Waals surface area contributed by atoms with E-state index in [0.717, 1.165) is 5.92 Å². The quantitative estimate of drug-likeness (QED) is 0.677. The molecule has 1 saturated carbocycles. The average molecular weight is 294 g/mol. The van der Waals surface area contributed by atoms with Crippen LogP contribution in [0.1, 0.15) is 35.6 Å². The Morgan fingerprint density at radius 1 is 1.57 bits per heavy atom. The zero-order valence-electron chi connectivity index (χ0n) is 8.39. The Balaban J connectivity index is 2.16. The third-order valence-electron chi connectivity index (χ3n) is 3.05. The second kappa shape index (κ2) is 4.15. The molecule has 1 aliphatic carbocycles. The molecule has 0 radical (unpaired) electrons. The molecule has 0 aliphatic heterocycles. The lowest BCUT2D eigenvalue weighted by Gasteiger charge is -2.17. The van der Waals surface area contributed by atoms with Crippen LogP contribution in [-0.4, -0.2) is 0 Å². The average Bonchev–Trinajstić information content (AvgIpc) is 2.90. The van der Waals surface area contributed by atoms with Gasteiger partial charge in [0.25, 0.3) is 0 Å². The molecule has 0 saturated heterocycles. The summed E-state index contributed by atoms with van der Waals surface area (Å²) in [6, 6.07) is 2.18. The van der Waals surface area contributed by atoms with E-state index in [2.05, 4.69) is 35.8 Å². The lowest BCUT2D eigenvalue weighted by atomic mass is 9.97. The Kier molecular flexibility index (Phi) is 3.25. The fourth-order valence-corrected chi connectivity index (χ4v) is 4.13. The molecule has 0 N–H and O–H groups in total. The Bertz CT molecular complexity index is 330. The molecular weight excluding hydrogens is 280 g/mol. The molecule has 0 nitrogen and oxygen atoms in total. The van der Waals surface area contributed by atoms with E-state index in [1.807, 2.05) is 0 Å². The van der Waals surface area contributed by atoms with Crippen molar-refractivity contribution in [2.75, 3.05) is 0 Å². The Morgan fingerprint density at radius 2 is 2.21 bits per heavy atom. The number of hydrogen-bond donors (Lipinski definition) is 0. The first kappa shape index (κ1) is 11.0. The summed E-state index contributed by atoms with van der Waals surface area (Å²) in [5, 5.41) is 0.199. The topological polar surface area (TPSA) is 0 Å². The fourth-order valence-electron chi connectivity index (χ4n) is 1.88. The van der Waals surface area contributed by atoms with Crippen molar-refractivity contribution < 1.29 is 0 Å². The molecule has 0 amide bonds. The number of halogens is 2. The van der Waals surface area contributed by atoms with Gasteiger partial charge in [0.15, 0.2) is 0 Å². The van der Waals surface area contributed by atoms with Crippen molar-refractivity contribution in [3.8, 4) is 0 Å². The fraction of sp³-hybridized carbons (Fsp3) is 0.636. The van der Waals surface area contributed by atoms with Crippen LogP contribution in [0.25, 0.3) is 0 Å². The van der Waals surface area contributed by atoms with E-state index in [-0.39, 0.29) is 5.38 Å². The summed E-state index contributed by atoms with van der Waals surface area (Å²) in [5.74, 6) is 1.49. The van der Waals surface area contributed by atoms with Gasteiger partial charge < -0.3 is 0 Å². The Hall–Kier alpha value is 0.470. The van der Waals surface area contributed by atoms with Gasteiger partial charge in [0.05, 0.1) is 9.16 Å². The lowest BCUT2D eigenvalue weighted by molar-refractivity contribution is 0.491. The number of rotatable bonds is 3. The molecule has 78 valence electrons. The highest BCUT2D eigenvalue weighted by molar-refractivity contribution is 9.11. The molecule has 0 aromatic carbocycles. The molecule has 1 heterocycles. The highest BCUT2D eigenvalue weighted by atomic mass is 79.9. The number of hydrogen-bond acceptors (Lipinski definition) is 1. The van der Waals surface area contributed by atoms with Crippen LogP contribution in [-0.2, 0) is 0 Å². The summed E-state index contributed by atoms with van der Waals surface area (Å²) in [7, 11) is 0. The van der Waals surface area contributed by atoms with Crippen LogP contribution in [0.15, 0.2) is 9.85 Å². The van der Waals surface area contributed by atoms with E-state index in [4.69, 9.17) is 11.6 Å². The molecule has 1 fully saturated rings. The highest BCUT2D eigenvalue weighted by Crippen LogP contribution is 2.47. The van der Waals surface area contributed by atoms with Crippen molar-refractivity contribution in [1.82, 2.24) is 0 Å². The molecule has 1 aliphatic rings. The third kappa shape index (κ3) is 2.17. The molecule has 1 aromatic rings. The lowest BCUT2D eigenvalue weighted by Crippen LogP contribution is -2.06. The number of thiophene rings is 1. The van der Waals surface area contributed by atoms with Crippen molar-refractivity contribution >= 4 is 38.9 Å². The van der Waals surface area contributed by atoms with E-state index >= 15 is 0 Å². The first-order valence-corrected chi connectivity index (χ1v) is 7.04. The molecule has 0 spiro atoms. The highest BCUT2D eigenvalue weighted by Gasteiger charge is 2.33. The van der Waals surface area contributed by atoms with Gasteiger partial charge >= 0.3 is 0 Å². The minimum absolute atomic E-state index is 0.199. The van der Waals surface area contributed by atoms with Crippen molar-refractivity contribution in [3.05, 3.63) is 20.3 Å². The van der Waals surface area contributed by atoms with Gasteiger partial charge in [0.2, 0.25) is 0 Å². The molecule has 1 aromatic heterocycles. The van der Waals surface area contributed by atoms with Gasteiger partial charge in [-0.25, -0.2) is 0 Å². The summed E-state index contributed by atoms with van der Waals surface area (Å²) in [4.78, 5) is 1.35. The molecule has 2 unspecified atom stereocenters. The van der Waals surface area contributed by atoms with Gasteiger partial charge in [-0.1, -0.05) is 6.92 Å². The molecule has 0 bridgehead atoms. The second-order valence-corrected chi connectivity index (χ2v) is 7.27. The summed E-state index contributed by atoms with van der Waals surface area (Å²) >= 11 is 11.8. The standard InChI is InChI=1S/C11H14BrClS/c1-6(8-3-4-8)11(13)9-5-10(12)14-7(9)2/h5-6,8,11H,3-4H2,1-2H3. The zero-order valence-corrected chi connectivity index (χ0v) is 11.5. The van der Waals surface area contributed by atoms with Gasteiger partial charge in [0, 0.05) is 4.88 Å². The van der Waals surface area contributed by atoms with Crippen molar-refractivity contribution in [1.29, 1.82) is 0 Å². The summed E-state index contributed by atoms with van der Waals surface area (Å²) in [6.45, 7) is 4.43. The van der Waals surface area contributed by atoms with Gasteiger partial charge in [-0.15, -0.1) is 22.9 Å². The summed E-state index contributed by atoms with van der Waals surface area (Å²) in [5.41, 5.74) is 1.32. The van der Waals surface area contributed by atoms with Gasteiger partial charge in [0.1, 0.15) is 0 Å². The SMILES string of the molecule is Cc1sc(Br)cc1C(Cl)C(C)C1CC1. The first-order valence-electron chi connectivity index (χ1n) is 4.99. The molecule has 2 rings (SSSR count). The Labute approximate surface area is 103 Å². The maximum absolute atomic E-state index is 6.50. The second-order valence-electron chi connectivity index (χ2n) is 4.16. The predicted octanol–water partition coefficient (Wildman–Crippen LogP) is 5.15. The predicted molar refractivity (Wildman–Crippen MR) is 67.2 cm³/mol. The molecule has 2 atom stereocenters. The van der Waals surface area contributed by atoms with E-state index in [1.54, 1.807) is 11.3 Å². The normalized spacial score (nSPS) is 20.9. The van der Waals surface area contributed by atoms with E-state index in [9.17, 15) is 0 Å². The molecule has 3 heteroatoms. The van der Waals surface area contributed by atoms with Gasteiger partial charge in [-0.3, -0.25) is 0 Å². The van der Waals surface area contributed by atoms with E-state index < -0.39 is 0 Å². The largest absolute Gasteiger partial charge is 0.133 e. The minimum atomic E-state index is 0.199. The number of aryl methyl sites for hydroxylation is 1.